The van der Waals surface area contributed by atoms with E-state index in [0.717, 1.165) is 18.2 Å². The molecule has 0 saturated carbocycles. The molecule has 0 aliphatic rings. The van der Waals surface area contributed by atoms with Crippen LogP contribution in [0, 0.1) is 0 Å². The van der Waals surface area contributed by atoms with Crippen molar-refractivity contribution in [2.75, 3.05) is 13.2 Å². The second-order valence-electron chi connectivity index (χ2n) is 5.62. The van der Waals surface area contributed by atoms with E-state index in [1.807, 2.05) is 0 Å². The lowest BCUT2D eigenvalue weighted by Crippen LogP contribution is -2.25. The minimum absolute atomic E-state index is 0.0204. The van der Waals surface area contributed by atoms with Crippen LogP contribution in [0.2, 0.25) is 0 Å². The van der Waals surface area contributed by atoms with E-state index in [4.69, 9.17) is 4.74 Å². The van der Waals surface area contributed by atoms with Gasteiger partial charge in [-0.3, -0.25) is 9.78 Å². The number of aromatic nitrogens is 1. The second-order valence-corrected chi connectivity index (χ2v) is 6.46. The lowest BCUT2D eigenvalue weighted by molar-refractivity contribution is -0.153. The number of hydrogen-bond donors (Lipinski definition) is 1. The molecule has 1 aromatic carbocycles. The van der Waals surface area contributed by atoms with Crippen LogP contribution in [0.5, 0.6) is 11.5 Å². The van der Waals surface area contributed by atoms with Gasteiger partial charge in [0.05, 0.1) is 17.8 Å². The monoisotopic (exact) mass is 422 g/mol. The summed E-state index contributed by atoms with van der Waals surface area (Å²) in [5.74, 6) is -1.23. The Morgan fingerprint density at radius 3 is 2.43 bits per heavy atom. The van der Waals surface area contributed by atoms with Crippen LogP contribution in [-0.4, -0.2) is 35.9 Å². The quantitative estimate of drug-likeness (QED) is 0.520. The number of carbonyl (C=O) groups is 1. The number of nitrogens with zero attached hydrogens (tertiary/aromatic N) is 1. The Morgan fingerprint density at radius 1 is 1.07 bits per heavy atom. The maximum Gasteiger partial charge on any atom is 0.422 e. The number of alkyl halides is 5. The number of halogens is 5. The van der Waals surface area contributed by atoms with E-state index in [9.17, 15) is 26.7 Å². The fraction of sp³-hybridized carbons (Fsp3) is 0.294. The summed E-state index contributed by atoms with van der Waals surface area (Å²) >= 11 is 0. The average molecular weight is 422 g/mol. The predicted octanol–water partition coefficient (Wildman–Crippen LogP) is 3.80. The lowest BCUT2D eigenvalue weighted by Gasteiger charge is -2.16. The Kier molecular flexibility index (Phi) is 7.12. The molecule has 1 amide bonds. The molecule has 0 aliphatic carbocycles. The predicted molar refractivity (Wildman–Crippen MR) is 93.6 cm³/mol. The first-order valence-electron chi connectivity index (χ1n) is 7.85. The Bertz CT molecular complexity index is 798. The van der Waals surface area contributed by atoms with Gasteiger partial charge in [0, 0.05) is 6.20 Å². The van der Waals surface area contributed by atoms with E-state index in [0.29, 0.717) is 5.69 Å². The molecule has 0 aliphatic heterocycles. The molecule has 11 heteroatoms. The van der Waals surface area contributed by atoms with Crippen LogP contribution in [0.25, 0.3) is 0 Å². The molecular formula is C17H16F5N2O3P. The molecule has 0 spiro atoms. The number of amides is 1. The van der Waals surface area contributed by atoms with E-state index < -0.39 is 31.0 Å². The van der Waals surface area contributed by atoms with Crippen molar-refractivity contribution >= 4 is 15.1 Å². The molecule has 2 aromatic rings. The second kappa shape index (κ2) is 9.14. The van der Waals surface area contributed by atoms with Crippen molar-refractivity contribution in [1.82, 2.24) is 10.3 Å². The van der Waals surface area contributed by atoms with E-state index in [-0.39, 0.29) is 23.6 Å². The molecule has 1 N–H and O–H groups in total. The zero-order chi connectivity index (χ0) is 20.8. The maximum absolute atomic E-state index is 13.0. The van der Waals surface area contributed by atoms with Crippen LogP contribution in [0.3, 0.4) is 0 Å². The molecular weight excluding hydrogens is 406 g/mol. The molecule has 152 valence electrons. The van der Waals surface area contributed by atoms with Gasteiger partial charge < -0.3 is 14.8 Å². The molecule has 0 fully saturated rings. The van der Waals surface area contributed by atoms with Crippen LogP contribution in [-0.2, 0) is 6.54 Å². The van der Waals surface area contributed by atoms with Crippen molar-refractivity contribution in [3.05, 3.63) is 53.9 Å². The summed E-state index contributed by atoms with van der Waals surface area (Å²) in [6.45, 7) is -2.58. The van der Waals surface area contributed by atoms with Gasteiger partial charge in [-0.05, 0) is 30.3 Å². The van der Waals surface area contributed by atoms with Crippen molar-refractivity contribution in [3.63, 3.8) is 0 Å². The normalized spacial score (nSPS) is 11.8. The summed E-state index contributed by atoms with van der Waals surface area (Å²) < 4.78 is 72.5. The summed E-state index contributed by atoms with van der Waals surface area (Å²) in [5.41, 5.74) is -2.96. The molecule has 0 saturated heterocycles. The Labute approximate surface area is 159 Å². The third-order valence-electron chi connectivity index (χ3n) is 3.17. The van der Waals surface area contributed by atoms with Gasteiger partial charge in [0.15, 0.2) is 13.2 Å². The minimum Gasteiger partial charge on any atom is -0.486 e. The van der Waals surface area contributed by atoms with E-state index in [2.05, 4.69) is 15.0 Å². The van der Waals surface area contributed by atoms with Crippen LogP contribution in [0.4, 0.5) is 22.0 Å². The zero-order valence-corrected chi connectivity index (χ0v) is 15.5. The highest BCUT2D eigenvalue weighted by Crippen LogP contribution is 2.29. The number of nitrogens with one attached hydrogen (secondary N) is 1. The fourth-order valence-electron chi connectivity index (χ4n) is 2.01. The summed E-state index contributed by atoms with van der Waals surface area (Å²) in [4.78, 5) is 16.4. The number of benzene rings is 1. The fourth-order valence-corrected chi connectivity index (χ4v) is 2.09. The molecule has 5 nitrogen and oxygen atoms in total. The smallest absolute Gasteiger partial charge is 0.422 e. The van der Waals surface area contributed by atoms with Crippen molar-refractivity contribution in [2.24, 2.45) is 0 Å². The van der Waals surface area contributed by atoms with Gasteiger partial charge in [-0.1, -0.05) is 15.3 Å². The highest BCUT2D eigenvalue weighted by atomic mass is 31.0. The number of ether oxygens (including phenoxy) is 2. The minimum atomic E-state index is -4.57. The summed E-state index contributed by atoms with van der Waals surface area (Å²) in [7, 11) is 1.29. The topological polar surface area (TPSA) is 60.5 Å². The Hall–Kier alpha value is -2.48. The summed E-state index contributed by atoms with van der Waals surface area (Å²) in [6.07, 6.45) is -3.05. The van der Waals surface area contributed by atoms with E-state index in [1.165, 1.54) is 15.4 Å². The lowest BCUT2D eigenvalue weighted by atomic mass is 10.1. The third kappa shape index (κ3) is 7.64. The highest BCUT2D eigenvalue weighted by molar-refractivity contribution is 7.18. The average Bonchev–Trinajstić information content (AvgIpc) is 2.62. The van der Waals surface area contributed by atoms with Crippen LogP contribution in [0.15, 0.2) is 42.6 Å². The van der Waals surface area contributed by atoms with Gasteiger partial charge in [-0.15, -0.1) is 0 Å². The summed E-state index contributed by atoms with van der Waals surface area (Å²) in [6, 6.07) is 8.22. The first-order valence-corrected chi connectivity index (χ1v) is 8.42. The molecule has 1 aromatic heterocycles. The van der Waals surface area contributed by atoms with Crippen LogP contribution >= 0.6 is 9.24 Å². The first-order chi connectivity index (χ1) is 13.0. The molecule has 1 heterocycles. The number of carbonyl (C=O) groups excluding carboxylic acids is 1. The van der Waals surface area contributed by atoms with Gasteiger partial charge in [0.25, 0.3) is 11.6 Å². The van der Waals surface area contributed by atoms with Gasteiger partial charge in [0.1, 0.15) is 11.5 Å². The van der Waals surface area contributed by atoms with Gasteiger partial charge >= 0.3 is 6.18 Å². The first kappa shape index (κ1) is 21.8. The third-order valence-corrected chi connectivity index (χ3v) is 3.34. The molecule has 0 bridgehead atoms. The van der Waals surface area contributed by atoms with Gasteiger partial charge in [0.2, 0.25) is 0 Å². The Morgan fingerprint density at radius 2 is 1.82 bits per heavy atom. The van der Waals surface area contributed by atoms with Crippen molar-refractivity contribution in [3.8, 4) is 11.5 Å². The highest BCUT2D eigenvalue weighted by Gasteiger charge is 2.29. The van der Waals surface area contributed by atoms with Crippen molar-refractivity contribution in [1.29, 1.82) is 0 Å². The number of pyridine rings is 1. The molecule has 0 radical (unpaired) electrons. The molecule has 28 heavy (non-hydrogen) atoms. The molecule has 2 rings (SSSR count). The SMILES string of the molecule is O=C(NCc1ccccn1)c1cc(OCC(F)(F)F)ccc1OCC(F)(F)P. The standard InChI is InChI=1S/C17H16F5N2O3P/c18-16(19,20)9-26-12-4-5-14(27-10-17(21,22)28)13(7-12)15(25)24-8-11-3-1-2-6-23-11/h1-7H,8-10,28H2,(H,24,25). The summed E-state index contributed by atoms with van der Waals surface area (Å²) in [5, 5.41) is 2.50. The zero-order valence-electron chi connectivity index (χ0n) is 14.3. The van der Waals surface area contributed by atoms with Gasteiger partial charge in [-0.2, -0.15) is 22.0 Å². The molecule has 1 unspecified atom stereocenters. The van der Waals surface area contributed by atoms with Crippen molar-refractivity contribution in [2.45, 2.75) is 18.4 Å². The number of hydrogen-bond acceptors (Lipinski definition) is 4. The Balaban J connectivity index is 2.18. The van der Waals surface area contributed by atoms with Crippen LogP contribution in [0.1, 0.15) is 16.1 Å². The van der Waals surface area contributed by atoms with Crippen LogP contribution < -0.4 is 14.8 Å². The van der Waals surface area contributed by atoms with E-state index >= 15 is 0 Å². The van der Waals surface area contributed by atoms with Gasteiger partial charge in [-0.25, -0.2) is 0 Å². The number of rotatable bonds is 8. The molecule has 1 atom stereocenters. The maximum atomic E-state index is 13.0. The van der Waals surface area contributed by atoms with Crippen molar-refractivity contribution < 1.29 is 36.2 Å². The largest absolute Gasteiger partial charge is 0.486 e. The van der Waals surface area contributed by atoms with E-state index in [1.54, 1.807) is 18.2 Å².